The van der Waals surface area contributed by atoms with Gasteiger partial charge in [-0.15, -0.1) is 0 Å². The van der Waals surface area contributed by atoms with Crippen molar-refractivity contribution in [2.75, 3.05) is 0 Å². The van der Waals surface area contributed by atoms with Crippen LogP contribution in [-0.2, 0) is 10.1 Å². The zero-order valence-electron chi connectivity index (χ0n) is 15.6. The molecule has 0 radical (unpaired) electrons. The van der Waals surface area contributed by atoms with Crippen LogP contribution >= 0.6 is 22.6 Å². The molecule has 9 nitrogen and oxygen atoms in total. The van der Waals surface area contributed by atoms with E-state index in [-0.39, 0.29) is 22.2 Å². The number of carbonyl (C=O) groups is 1. The van der Waals surface area contributed by atoms with Crippen LogP contribution in [-0.4, -0.2) is 25.5 Å². The van der Waals surface area contributed by atoms with Crippen LogP contribution in [0.15, 0.2) is 82.8 Å². The van der Waals surface area contributed by atoms with E-state index in [0.29, 0.717) is 11.1 Å². The summed E-state index contributed by atoms with van der Waals surface area (Å²) in [6, 6.07) is 17.4. The average molecular weight is 551 g/mol. The Morgan fingerprint density at radius 2 is 1.77 bits per heavy atom. The fourth-order valence-corrected chi connectivity index (χ4v) is 3.88. The number of nitro benzene ring substituents is 1. The largest absolute Gasteiger partial charge is 0.379 e. The Labute approximate surface area is 191 Å². The van der Waals surface area contributed by atoms with Gasteiger partial charge in [-0.05, 0) is 70.6 Å². The molecule has 158 valence electrons. The van der Waals surface area contributed by atoms with E-state index in [1.807, 2.05) is 6.07 Å². The second-order valence-corrected chi connectivity index (χ2v) is 8.86. The number of rotatable bonds is 7. The minimum Gasteiger partial charge on any atom is -0.379 e. The SMILES string of the molecule is O=C(N/N=C\c1cccc(OS(=O)(=O)c2ccc([N+](=O)[O-])cc2)c1)c1cccc(I)c1. The van der Waals surface area contributed by atoms with Gasteiger partial charge in [0.15, 0.2) is 0 Å². The van der Waals surface area contributed by atoms with E-state index in [2.05, 4.69) is 33.1 Å². The molecule has 0 aliphatic carbocycles. The summed E-state index contributed by atoms with van der Waals surface area (Å²) in [6.45, 7) is 0. The molecule has 0 aliphatic rings. The van der Waals surface area contributed by atoms with Crippen LogP contribution in [0.1, 0.15) is 15.9 Å². The van der Waals surface area contributed by atoms with Gasteiger partial charge < -0.3 is 4.18 Å². The number of halogens is 1. The number of nitrogens with zero attached hydrogens (tertiary/aromatic N) is 2. The molecule has 3 aromatic carbocycles. The van der Waals surface area contributed by atoms with Gasteiger partial charge in [0.05, 0.1) is 11.1 Å². The van der Waals surface area contributed by atoms with Gasteiger partial charge in [0.25, 0.3) is 11.6 Å². The summed E-state index contributed by atoms with van der Waals surface area (Å²) in [4.78, 5) is 21.9. The number of amides is 1. The third-order valence-electron chi connectivity index (χ3n) is 3.87. The van der Waals surface area contributed by atoms with Crippen LogP contribution in [0, 0.1) is 13.7 Å². The second-order valence-electron chi connectivity index (χ2n) is 6.07. The Morgan fingerprint density at radius 3 is 2.45 bits per heavy atom. The van der Waals surface area contributed by atoms with E-state index in [1.165, 1.54) is 18.3 Å². The van der Waals surface area contributed by atoms with Crippen molar-refractivity contribution in [2.24, 2.45) is 5.10 Å². The molecule has 0 saturated heterocycles. The standard InChI is InChI=1S/C20H14IN3O6S/c21-16-5-2-4-15(12-16)20(25)23-22-13-14-3-1-6-18(11-14)30-31(28,29)19-9-7-17(8-10-19)24(26)27/h1-13H,(H,23,25)/b22-13-. The van der Waals surface area contributed by atoms with Gasteiger partial charge >= 0.3 is 10.1 Å². The van der Waals surface area contributed by atoms with Gasteiger partial charge in [-0.2, -0.15) is 13.5 Å². The van der Waals surface area contributed by atoms with Gasteiger partial charge in [0, 0.05) is 21.3 Å². The minimum atomic E-state index is -4.18. The van der Waals surface area contributed by atoms with Gasteiger partial charge in [-0.3, -0.25) is 14.9 Å². The van der Waals surface area contributed by atoms with E-state index < -0.39 is 15.0 Å². The predicted molar refractivity (Wildman–Crippen MR) is 122 cm³/mol. The molecule has 0 spiro atoms. The maximum absolute atomic E-state index is 12.4. The van der Waals surface area contributed by atoms with Crippen LogP contribution < -0.4 is 9.61 Å². The fraction of sp³-hybridized carbons (Fsp3) is 0. The zero-order valence-corrected chi connectivity index (χ0v) is 18.6. The van der Waals surface area contributed by atoms with Crippen molar-refractivity contribution in [3.05, 3.63) is 97.6 Å². The number of nitrogens with one attached hydrogen (secondary N) is 1. The van der Waals surface area contributed by atoms with Crippen molar-refractivity contribution in [3.8, 4) is 5.75 Å². The number of hydrogen-bond donors (Lipinski definition) is 1. The maximum atomic E-state index is 12.4. The third kappa shape index (κ3) is 6.08. The van der Waals surface area contributed by atoms with Gasteiger partial charge in [0.2, 0.25) is 0 Å². The lowest BCUT2D eigenvalue weighted by molar-refractivity contribution is -0.384. The molecule has 1 amide bonds. The number of benzene rings is 3. The summed E-state index contributed by atoms with van der Waals surface area (Å²) >= 11 is 2.10. The molecule has 3 aromatic rings. The lowest BCUT2D eigenvalue weighted by atomic mass is 10.2. The van der Waals surface area contributed by atoms with E-state index in [1.54, 1.807) is 30.3 Å². The molecule has 0 heterocycles. The van der Waals surface area contributed by atoms with Crippen molar-refractivity contribution in [1.29, 1.82) is 0 Å². The van der Waals surface area contributed by atoms with Gasteiger partial charge in [0.1, 0.15) is 10.6 Å². The van der Waals surface area contributed by atoms with Gasteiger partial charge in [-0.25, -0.2) is 5.43 Å². The van der Waals surface area contributed by atoms with E-state index in [4.69, 9.17) is 4.18 Å². The maximum Gasteiger partial charge on any atom is 0.339 e. The molecule has 0 bridgehead atoms. The fourth-order valence-electron chi connectivity index (χ4n) is 2.42. The van der Waals surface area contributed by atoms with Crippen LogP contribution in [0.2, 0.25) is 0 Å². The summed E-state index contributed by atoms with van der Waals surface area (Å²) in [5, 5.41) is 14.6. The first-order valence-electron chi connectivity index (χ1n) is 8.62. The smallest absolute Gasteiger partial charge is 0.339 e. The highest BCUT2D eigenvalue weighted by atomic mass is 127. The monoisotopic (exact) mass is 551 g/mol. The number of hydrogen-bond acceptors (Lipinski definition) is 7. The molecule has 31 heavy (non-hydrogen) atoms. The highest BCUT2D eigenvalue weighted by Gasteiger charge is 2.18. The number of non-ortho nitro benzene ring substituents is 1. The zero-order chi connectivity index (χ0) is 22.4. The highest BCUT2D eigenvalue weighted by molar-refractivity contribution is 14.1. The summed E-state index contributed by atoms with van der Waals surface area (Å²) < 4.78 is 30.8. The third-order valence-corrected chi connectivity index (χ3v) is 5.80. The van der Waals surface area contributed by atoms with Crippen LogP contribution in [0.25, 0.3) is 0 Å². The number of hydrazone groups is 1. The predicted octanol–water partition coefficient (Wildman–Crippen LogP) is 3.73. The minimum absolute atomic E-state index is 0.0197. The molecule has 1 N–H and O–H groups in total. The lowest BCUT2D eigenvalue weighted by Gasteiger charge is -2.07. The molecule has 0 saturated carbocycles. The van der Waals surface area contributed by atoms with Crippen molar-refractivity contribution < 1.29 is 22.3 Å². The summed E-state index contributed by atoms with van der Waals surface area (Å²) in [7, 11) is -4.18. The van der Waals surface area contributed by atoms with Crippen molar-refractivity contribution in [2.45, 2.75) is 4.90 Å². The number of carbonyl (C=O) groups excluding carboxylic acids is 1. The Balaban J connectivity index is 1.68. The first kappa shape index (κ1) is 22.4. The van der Waals surface area contributed by atoms with Crippen LogP contribution in [0.4, 0.5) is 5.69 Å². The van der Waals surface area contributed by atoms with Crippen molar-refractivity contribution >= 4 is 50.5 Å². The normalized spacial score (nSPS) is 11.3. The molecule has 0 aromatic heterocycles. The first-order valence-corrected chi connectivity index (χ1v) is 11.1. The van der Waals surface area contributed by atoms with E-state index in [9.17, 15) is 23.3 Å². The summed E-state index contributed by atoms with van der Waals surface area (Å²) in [6.07, 6.45) is 1.34. The topological polar surface area (TPSA) is 128 Å². The quantitative estimate of drug-likeness (QED) is 0.157. The summed E-state index contributed by atoms with van der Waals surface area (Å²) in [5.41, 5.74) is 3.10. The molecule has 0 unspecified atom stereocenters. The molecule has 0 atom stereocenters. The highest BCUT2D eigenvalue weighted by Crippen LogP contribution is 2.21. The first-order chi connectivity index (χ1) is 14.7. The van der Waals surface area contributed by atoms with Gasteiger partial charge in [-0.1, -0.05) is 18.2 Å². The van der Waals surface area contributed by atoms with Crippen LogP contribution in [0.3, 0.4) is 0 Å². The number of nitro groups is 1. The lowest BCUT2D eigenvalue weighted by Crippen LogP contribution is -2.17. The van der Waals surface area contributed by atoms with E-state index in [0.717, 1.165) is 27.8 Å². The molecule has 11 heteroatoms. The Hall–Kier alpha value is -3.32. The van der Waals surface area contributed by atoms with Crippen molar-refractivity contribution in [3.63, 3.8) is 0 Å². The van der Waals surface area contributed by atoms with Crippen LogP contribution in [0.5, 0.6) is 5.75 Å². The Kier molecular flexibility index (Phi) is 6.97. The molecule has 3 rings (SSSR count). The summed E-state index contributed by atoms with van der Waals surface area (Å²) in [5.74, 6) is -0.367. The van der Waals surface area contributed by atoms with Crippen molar-refractivity contribution in [1.82, 2.24) is 5.43 Å². The molecule has 0 aliphatic heterocycles. The average Bonchev–Trinajstić information content (AvgIpc) is 2.73. The molecular formula is C20H14IN3O6S. The Morgan fingerprint density at radius 1 is 1.06 bits per heavy atom. The molecular weight excluding hydrogens is 537 g/mol. The molecule has 0 fully saturated rings. The Bertz CT molecular complexity index is 1260. The second kappa shape index (κ2) is 9.66. The van der Waals surface area contributed by atoms with E-state index >= 15 is 0 Å².